The molecule has 1 aliphatic rings. The lowest BCUT2D eigenvalue weighted by Gasteiger charge is -2.24. The fourth-order valence-corrected chi connectivity index (χ4v) is 2.38. The number of ether oxygens (including phenoxy) is 1. The number of aryl methyl sites for hydroxylation is 1. The highest BCUT2D eigenvalue weighted by Crippen LogP contribution is 2.16. The number of aliphatic hydroxyl groups is 1. The molecule has 0 saturated carbocycles. The lowest BCUT2D eigenvalue weighted by Crippen LogP contribution is -2.33. The zero-order valence-corrected chi connectivity index (χ0v) is 11.3. The van der Waals surface area contributed by atoms with Crippen LogP contribution in [0.15, 0.2) is 24.3 Å². The molecular formula is C15H23NO2. The van der Waals surface area contributed by atoms with Crippen molar-refractivity contribution in [3.05, 3.63) is 35.4 Å². The smallest absolute Gasteiger partial charge is 0.0916 e. The predicted octanol–water partition coefficient (Wildman–Crippen LogP) is 2.14. The van der Waals surface area contributed by atoms with Crippen LogP contribution in [0.25, 0.3) is 0 Å². The van der Waals surface area contributed by atoms with Gasteiger partial charge in [0.2, 0.25) is 0 Å². The summed E-state index contributed by atoms with van der Waals surface area (Å²) >= 11 is 0. The summed E-state index contributed by atoms with van der Waals surface area (Å²) in [5.41, 5.74) is 2.22. The van der Waals surface area contributed by atoms with Crippen LogP contribution in [0, 0.1) is 6.92 Å². The molecule has 3 nitrogen and oxygen atoms in total. The van der Waals surface area contributed by atoms with Crippen molar-refractivity contribution < 1.29 is 9.84 Å². The Kier molecular flexibility index (Phi) is 4.75. The molecule has 1 fully saturated rings. The van der Waals surface area contributed by atoms with E-state index < -0.39 is 6.10 Å². The van der Waals surface area contributed by atoms with Crippen LogP contribution in [0.5, 0.6) is 0 Å². The quantitative estimate of drug-likeness (QED) is 0.891. The highest BCUT2D eigenvalue weighted by Gasteiger charge is 2.18. The van der Waals surface area contributed by atoms with Gasteiger partial charge in [-0.25, -0.2) is 0 Å². The summed E-state index contributed by atoms with van der Waals surface area (Å²) in [6, 6.07) is 8.12. The van der Waals surface area contributed by atoms with E-state index >= 15 is 0 Å². The van der Waals surface area contributed by atoms with Gasteiger partial charge in [0.25, 0.3) is 0 Å². The Morgan fingerprint density at radius 2 is 2.11 bits per heavy atom. The monoisotopic (exact) mass is 249 g/mol. The Balaban J connectivity index is 1.93. The molecule has 1 N–H and O–H groups in total. The van der Waals surface area contributed by atoms with Crippen LogP contribution in [0.1, 0.15) is 30.6 Å². The second-order valence-electron chi connectivity index (χ2n) is 5.22. The van der Waals surface area contributed by atoms with Crippen LogP contribution in [-0.4, -0.2) is 42.4 Å². The van der Waals surface area contributed by atoms with Crippen molar-refractivity contribution in [3.63, 3.8) is 0 Å². The predicted molar refractivity (Wildman–Crippen MR) is 72.6 cm³/mol. The number of hydrogen-bond acceptors (Lipinski definition) is 3. The fraction of sp³-hybridized carbons (Fsp3) is 0.600. The Morgan fingerprint density at radius 1 is 1.39 bits per heavy atom. The highest BCUT2D eigenvalue weighted by molar-refractivity contribution is 5.23. The lowest BCUT2D eigenvalue weighted by atomic mass is 10.1. The minimum atomic E-state index is -0.407. The molecule has 0 radical (unpaired) electrons. The summed E-state index contributed by atoms with van der Waals surface area (Å²) in [6.07, 6.45) is 0.902. The zero-order valence-electron chi connectivity index (χ0n) is 11.3. The number of aliphatic hydroxyl groups excluding tert-OH is 1. The lowest BCUT2D eigenvalue weighted by molar-refractivity contribution is 0.0562. The van der Waals surface area contributed by atoms with E-state index in [0.717, 1.165) is 31.7 Å². The van der Waals surface area contributed by atoms with Gasteiger partial charge in [0.15, 0.2) is 0 Å². The van der Waals surface area contributed by atoms with E-state index in [0.29, 0.717) is 6.54 Å². The second-order valence-corrected chi connectivity index (χ2v) is 5.22. The van der Waals surface area contributed by atoms with Crippen LogP contribution in [0.2, 0.25) is 0 Å². The van der Waals surface area contributed by atoms with E-state index in [-0.39, 0.29) is 6.10 Å². The van der Waals surface area contributed by atoms with Gasteiger partial charge in [-0.15, -0.1) is 0 Å². The number of nitrogens with zero attached hydrogens (tertiary/aromatic N) is 1. The maximum absolute atomic E-state index is 10.3. The first-order valence-electron chi connectivity index (χ1n) is 6.74. The maximum atomic E-state index is 10.3. The Bertz CT molecular complexity index is 363. The molecule has 18 heavy (non-hydrogen) atoms. The molecule has 1 aliphatic heterocycles. The van der Waals surface area contributed by atoms with E-state index in [1.54, 1.807) is 0 Å². The third kappa shape index (κ3) is 3.80. The van der Waals surface area contributed by atoms with Gasteiger partial charge in [-0.05, 0) is 25.8 Å². The molecule has 1 aromatic carbocycles. The van der Waals surface area contributed by atoms with E-state index in [2.05, 4.69) is 18.7 Å². The van der Waals surface area contributed by atoms with E-state index in [9.17, 15) is 5.11 Å². The third-order valence-electron chi connectivity index (χ3n) is 3.43. The third-order valence-corrected chi connectivity index (χ3v) is 3.43. The molecule has 0 bridgehead atoms. The summed E-state index contributed by atoms with van der Waals surface area (Å²) in [4.78, 5) is 2.29. The fourth-order valence-electron chi connectivity index (χ4n) is 2.38. The molecule has 1 saturated heterocycles. The van der Waals surface area contributed by atoms with Crippen LogP contribution in [0.4, 0.5) is 0 Å². The maximum Gasteiger partial charge on any atom is 0.0916 e. The molecule has 2 atom stereocenters. The van der Waals surface area contributed by atoms with Crippen molar-refractivity contribution >= 4 is 0 Å². The van der Waals surface area contributed by atoms with Crippen LogP contribution < -0.4 is 0 Å². The molecule has 2 unspecified atom stereocenters. The first-order chi connectivity index (χ1) is 8.65. The molecule has 0 aliphatic carbocycles. The normalized spacial score (nSPS) is 23.6. The van der Waals surface area contributed by atoms with Gasteiger partial charge in [-0.3, -0.25) is 4.90 Å². The largest absolute Gasteiger partial charge is 0.387 e. The van der Waals surface area contributed by atoms with Crippen LogP contribution in [-0.2, 0) is 4.74 Å². The summed E-state index contributed by atoms with van der Waals surface area (Å²) < 4.78 is 5.61. The van der Waals surface area contributed by atoms with Crippen LogP contribution in [0.3, 0.4) is 0 Å². The van der Waals surface area contributed by atoms with Gasteiger partial charge in [0, 0.05) is 26.2 Å². The number of β-amino-alcohol motifs (C(OH)–C–C–N with tert-alkyl or cyclic N) is 1. The van der Waals surface area contributed by atoms with Gasteiger partial charge in [-0.1, -0.05) is 29.8 Å². The van der Waals surface area contributed by atoms with Gasteiger partial charge in [0.05, 0.1) is 12.2 Å². The van der Waals surface area contributed by atoms with Crippen molar-refractivity contribution in [2.75, 3.05) is 26.2 Å². The van der Waals surface area contributed by atoms with E-state index in [1.807, 2.05) is 24.3 Å². The first kappa shape index (κ1) is 13.5. The summed E-state index contributed by atoms with van der Waals surface area (Å²) in [5, 5.41) is 10.3. The van der Waals surface area contributed by atoms with Gasteiger partial charge < -0.3 is 9.84 Å². The van der Waals surface area contributed by atoms with Crippen molar-refractivity contribution in [1.82, 2.24) is 4.90 Å². The average molecular weight is 249 g/mol. The molecule has 0 aromatic heterocycles. The molecular weight excluding hydrogens is 226 g/mol. The summed E-state index contributed by atoms with van der Waals surface area (Å²) in [6.45, 7) is 7.59. The Labute approximate surface area is 109 Å². The molecule has 0 amide bonds. The molecule has 3 heteroatoms. The van der Waals surface area contributed by atoms with Gasteiger partial charge in [0.1, 0.15) is 0 Å². The molecule has 2 rings (SSSR count). The first-order valence-corrected chi connectivity index (χ1v) is 6.74. The number of hydrogen-bond donors (Lipinski definition) is 1. The molecule has 1 heterocycles. The summed E-state index contributed by atoms with van der Waals surface area (Å²) in [5.74, 6) is 0. The minimum absolute atomic E-state index is 0.262. The highest BCUT2D eigenvalue weighted by atomic mass is 16.5. The zero-order chi connectivity index (χ0) is 13.0. The van der Waals surface area contributed by atoms with Crippen molar-refractivity contribution in [1.29, 1.82) is 0 Å². The van der Waals surface area contributed by atoms with Gasteiger partial charge >= 0.3 is 0 Å². The molecule has 100 valence electrons. The minimum Gasteiger partial charge on any atom is -0.387 e. The van der Waals surface area contributed by atoms with Crippen LogP contribution >= 0.6 is 0 Å². The summed E-state index contributed by atoms with van der Waals surface area (Å²) in [7, 11) is 0. The average Bonchev–Trinajstić information content (AvgIpc) is 2.54. The second kappa shape index (κ2) is 6.32. The van der Waals surface area contributed by atoms with Crippen molar-refractivity contribution in [2.45, 2.75) is 32.5 Å². The Morgan fingerprint density at radius 3 is 2.83 bits per heavy atom. The van der Waals surface area contributed by atoms with E-state index in [4.69, 9.17) is 4.74 Å². The molecule has 0 spiro atoms. The number of benzene rings is 1. The SMILES string of the molecule is Cc1ccc(C(O)CN2CCCOC(C)C2)cc1. The van der Waals surface area contributed by atoms with Gasteiger partial charge in [-0.2, -0.15) is 0 Å². The molecule has 1 aromatic rings. The van der Waals surface area contributed by atoms with Crippen molar-refractivity contribution in [2.24, 2.45) is 0 Å². The van der Waals surface area contributed by atoms with E-state index in [1.165, 1.54) is 5.56 Å². The van der Waals surface area contributed by atoms with Crippen molar-refractivity contribution in [3.8, 4) is 0 Å². The Hall–Kier alpha value is -0.900. The topological polar surface area (TPSA) is 32.7 Å². The number of rotatable bonds is 3. The standard InChI is InChI=1S/C15H23NO2/c1-12-4-6-14(7-5-12)15(17)11-16-8-3-9-18-13(2)10-16/h4-7,13,15,17H,3,8-11H2,1-2H3.